The molecule has 1 aliphatic heterocycles. The fourth-order valence-corrected chi connectivity index (χ4v) is 2.97. The van der Waals surface area contributed by atoms with Gasteiger partial charge in [-0.05, 0) is 18.6 Å². The Kier molecular flexibility index (Phi) is 4.17. The molecule has 0 amide bonds. The second-order valence-electron chi connectivity index (χ2n) is 4.93. The monoisotopic (exact) mass is 327 g/mol. The third kappa shape index (κ3) is 2.92. The Morgan fingerprint density at radius 1 is 1.43 bits per heavy atom. The van der Waals surface area contributed by atoms with Crippen molar-refractivity contribution >= 4 is 23.2 Å². The molecule has 0 aliphatic carbocycles. The van der Waals surface area contributed by atoms with Gasteiger partial charge in [0.15, 0.2) is 5.82 Å². The van der Waals surface area contributed by atoms with Crippen LogP contribution in [0.3, 0.4) is 0 Å². The lowest BCUT2D eigenvalue weighted by molar-refractivity contribution is -0.177. The SMILES string of the molecule is CCC1COC(Cc2nc[nH]n2)(c2ccc(Cl)cc2Cl)O1. The van der Waals surface area contributed by atoms with Gasteiger partial charge in [0.2, 0.25) is 5.79 Å². The number of nitrogens with one attached hydrogen (secondary N) is 1. The third-order valence-corrected chi connectivity index (χ3v) is 4.06. The van der Waals surface area contributed by atoms with E-state index in [0.717, 1.165) is 12.0 Å². The number of nitrogens with zero attached hydrogens (tertiary/aromatic N) is 2. The van der Waals surface area contributed by atoms with Crippen molar-refractivity contribution in [2.75, 3.05) is 6.61 Å². The maximum Gasteiger partial charge on any atom is 0.204 e. The smallest absolute Gasteiger partial charge is 0.204 e. The quantitative estimate of drug-likeness (QED) is 0.935. The molecule has 2 unspecified atom stereocenters. The van der Waals surface area contributed by atoms with Gasteiger partial charge in [0.1, 0.15) is 6.33 Å². The van der Waals surface area contributed by atoms with Gasteiger partial charge in [-0.15, -0.1) is 0 Å². The number of halogens is 2. The molecular weight excluding hydrogens is 313 g/mol. The molecule has 21 heavy (non-hydrogen) atoms. The standard InChI is InChI=1S/C14H15Cl2N3O2/c1-2-10-7-20-14(21-10,6-13-17-8-18-19-13)11-4-3-9(15)5-12(11)16/h3-5,8,10H,2,6-7H2,1H3,(H,17,18,19). The molecule has 1 N–H and O–H groups in total. The molecule has 5 nitrogen and oxygen atoms in total. The predicted molar refractivity (Wildman–Crippen MR) is 79.3 cm³/mol. The van der Waals surface area contributed by atoms with Gasteiger partial charge in [0.05, 0.1) is 24.2 Å². The average Bonchev–Trinajstić information content (AvgIpc) is 3.09. The van der Waals surface area contributed by atoms with Crippen molar-refractivity contribution in [2.45, 2.75) is 31.7 Å². The lowest BCUT2D eigenvalue weighted by Gasteiger charge is -2.28. The van der Waals surface area contributed by atoms with E-state index in [2.05, 4.69) is 22.1 Å². The number of aromatic nitrogens is 3. The summed E-state index contributed by atoms with van der Waals surface area (Å²) in [4.78, 5) is 4.15. The van der Waals surface area contributed by atoms with Gasteiger partial charge >= 0.3 is 0 Å². The molecule has 0 bridgehead atoms. The van der Waals surface area contributed by atoms with Crippen molar-refractivity contribution in [3.05, 3.63) is 46.0 Å². The fraction of sp³-hybridized carbons (Fsp3) is 0.429. The molecule has 2 atom stereocenters. The molecule has 0 saturated carbocycles. The summed E-state index contributed by atoms with van der Waals surface area (Å²) in [5, 5.41) is 7.86. The summed E-state index contributed by atoms with van der Waals surface area (Å²) < 4.78 is 12.1. The normalized spacial score (nSPS) is 25.4. The lowest BCUT2D eigenvalue weighted by atomic mass is 10.0. The largest absolute Gasteiger partial charge is 0.343 e. The molecule has 1 fully saturated rings. The highest BCUT2D eigenvalue weighted by atomic mass is 35.5. The molecule has 1 saturated heterocycles. The molecular formula is C14H15Cl2N3O2. The van der Waals surface area contributed by atoms with E-state index in [9.17, 15) is 0 Å². The van der Waals surface area contributed by atoms with Gasteiger partial charge in [0.25, 0.3) is 0 Å². The Bertz CT molecular complexity index is 621. The third-order valence-electron chi connectivity index (χ3n) is 3.51. The Morgan fingerprint density at radius 3 is 2.90 bits per heavy atom. The van der Waals surface area contributed by atoms with E-state index in [1.54, 1.807) is 12.1 Å². The van der Waals surface area contributed by atoms with Crippen molar-refractivity contribution < 1.29 is 9.47 Å². The van der Waals surface area contributed by atoms with Crippen LogP contribution in [0.4, 0.5) is 0 Å². The first-order chi connectivity index (χ1) is 10.1. The van der Waals surface area contributed by atoms with Crippen LogP contribution in [0.25, 0.3) is 0 Å². The minimum atomic E-state index is -0.968. The number of hydrogen-bond donors (Lipinski definition) is 1. The maximum absolute atomic E-state index is 6.34. The van der Waals surface area contributed by atoms with Gasteiger partial charge in [-0.2, -0.15) is 5.10 Å². The van der Waals surface area contributed by atoms with Crippen LogP contribution in [0, 0.1) is 0 Å². The summed E-state index contributed by atoms with van der Waals surface area (Å²) in [5.41, 5.74) is 0.745. The lowest BCUT2D eigenvalue weighted by Crippen LogP contribution is -2.32. The van der Waals surface area contributed by atoms with E-state index in [1.165, 1.54) is 6.33 Å². The zero-order valence-electron chi connectivity index (χ0n) is 11.5. The molecule has 1 aromatic heterocycles. The van der Waals surface area contributed by atoms with Crippen molar-refractivity contribution in [3.63, 3.8) is 0 Å². The fourth-order valence-electron chi connectivity index (χ4n) is 2.42. The van der Waals surface area contributed by atoms with E-state index in [0.29, 0.717) is 28.9 Å². The summed E-state index contributed by atoms with van der Waals surface area (Å²) in [6.07, 6.45) is 2.80. The van der Waals surface area contributed by atoms with Crippen LogP contribution < -0.4 is 0 Å². The molecule has 112 valence electrons. The zero-order valence-corrected chi connectivity index (χ0v) is 13.0. The van der Waals surface area contributed by atoms with Crippen LogP contribution in [0.2, 0.25) is 10.0 Å². The summed E-state index contributed by atoms with van der Waals surface area (Å²) in [5.74, 6) is -0.359. The minimum Gasteiger partial charge on any atom is -0.343 e. The second-order valence-corrected chi connectivity index (χ2v) is 5.77. The molecule has 2 heterocycles. The van der Waals surface area contributed by atoms with Gasteiger partial charge < -0.3 is 9.47 Å². The van der Waals surface area contributed by atoms with Crippen molar-refractivity contribution in [1.29, 1.82) is 0 Å². The van der Waals surface area contributed by atoms with Gasteiger partial charge in [-0.1, -0.05) is 36.2 Å². The summed E-state index contributed by atoms with van der Waals surface area (Å²) in [6, 6.07) is 5.29. The minimum absolute atomic E-state index is 0.0238. The first-order valence-electron chi connectivity index (χ1n) is 6.75. The Balaban J connectivity index is 1.99. The average molecular weight is 328 g/mol. The van der Waals surface area contributed by atoms with Crippen molar-refractivity contribution in [1.82, 2.24) is 15.2 Å². The summed E-state index contributed by atoms with van der Waals surface area (Å²) in [7, 11) is 0. The first kappa shape index (κ1) is 14.8. The second kappa shape index (κ2) is 5.93. The first-order valence-corrected chi connectivity index (χ1v) is 7.50. The molecule has 7 heteroatoms. The number of hydrogen-bond acceptors (Lipinski definition) is 4. The molecule has 1 aliphatic rings. The summed E-state index contributed by atoms with van der Waals surface area (Å²) in [6.45, 7) is 2.57. The van der Waals surface area contributed by atoms with Crippen LogP contribution in [-0.2, 0) is 21.7 Å². The number of ether oxygens (including phenoxy) is 2. The Morgan fingerprint density at radius 2 is 2.29 bits per heavy atom. The Hall–Kier alpha value is -1.14. The highest BCUT2D eigenvalue weighted by Crippen LogP contribution is 2.41. The number of H-pyrrole nitrogens is 1. The van der Waals surface area contributed by atoms with E-state index in [1.807, 2.05) is 6.07 Å². The van der Waals surface area contributed by atoms with Crippen molar-refractivity contribution in [2.24, 2.45) is 0 Å². The topological polar surface area (TPSA) is 60.0 Å². The number of aromatic amines is 1. The highest BCUT2D eigenvalue weighted by Gasteiger charge is 2.45. The predicted octanol–water partition coefficient (Wildman–Crippen LogP) is 3.33. The molecule has 3 rings (SSSR count). The van der Waals surface area contributed by atoms with Crippen molar-refractivity contribution in [3.8, 4) is 0 Å². The van der Waals surface area contributed by atoms with Gasteiger partial charge in [-0.25, -0.2) is 4.98 Å². The molecule has 0 radical (unpaired) electrons. The number of benzene rings is 1. The summed E-state index contributed by atoms with van der Waals surface area (Å²) >= 11 is 12.3. The zero-order chi connectivity index (χ0) is 14.9. The maximum atomic E-state index is 6.34. The van der Waals surface area contributed by atoms with E-state index in [4.69, 9.17) is 32.7 Å². The van der Waals surface area contributed by atoms with Crippen LogP contribution in [-0.4, -0.2) is 27.9 Å². The van der Waals surface area contributed by atoms with Crippen LogP contribution in [0.15, 0.2) is 24.5 Å². The molecule has 1 aromatic carbocycles. The van der Waals surface area contributed by atoms with Crippen LogP contribution in [0.5, 0.6) is 0 Å². The molecule has 2 aromatic rings. The van der Waals surface area contributed by atoms with E-state index < -0.39 is 5.79 Å². The van der Waals surface area contributed by atoms with Gasteiger partial charge in [-0.3, -0.25) is 5.10 Å². The van der Waals surface area contributed by atoms with E-state index in [-0.39, 0.29) is 6.10 Å². The van der Waals surface area contributed by atoms with Gasteiger partial charge in [0, 0.05) is 10.6 Å². The Labute approximate surface area is 132 Å². The van der Waals surface area contributed by atoms with E-state index >= 15 is 0 Å². The number of rotatable bonds is 4. The molecule has 0 spiro atoms. The van der Waals surface area contributed by atoms with Crippen LogP contribution in [0.1, 0.15) is 24.7 Å². The highest BCUT2D eigenvalue weighted by molar-refractivity contribution is 6.35. The van der Waals surface area contributed by atoms with Crippen LogP contribution >= 0.6 is 23.2 Å².